The minimum absolute atomic E-state index is 0.601. The summed E-state index contributed by atoms with van der Waals surface area (Å²) in [6.45, 7) is 0. The molecule has 0 radical (unpaired) electrons. The second-order valence-corrected chi connectivity index (χ2v) is 5.48. The number of aryl methyl sites for hydroxylation is 2. The summed E-state index contributed by atoms with van der Waals surface area (Å²) in [5.41, 5.74) is 5.61. The zero-order valence-corrected chi connectivity index (χ0v) is 11.4. The number of rotatable bonds is 2. The summed E-state index contributed by atoms with van der Waals surface area (Å²) in [7, 11) is 0. The molecule has 0 amide bonds. The van der Waals surface area contributed by atoms with E-state index < -0.39 is 0 Å². The molecule has 0 aromatic heterocycles. The quantitative estimate of drug-likeness (QED) is 0.723. The van der Waals surface area contributed by atoms with Gasteiger partial charge in [0.05, 0.1) is 0 Å². The Hall–Kier alpha value is -1.60. The average Bonchev–Trinajstić information content (AvgIpc) is 2.46. The van der Waals surface area contributed by atoms with Gasteiger partial charge in [-0.05, 0) is 60.1 Å². The lowest BCUT2D eigenvalue weighted by atomic mass is 9.88. The zero-order chi connectivity index (χ0) is 13.2. The maximum atomic E-state index is 11.2. The molecule has 96 valence electrons. The molecule has 2 heteroatoms. The molecule has 0 saturated heterocycles. The van der Waals surface area contributed by atoms with Gasteiger partial charge in [0, 0.05) is 10.6 Å². The van der Waals surface area contributed by atoms with Crippen molar-refractivity contribution in [2.75, 3.05) is 0 Å². The molecule has 0 unspecified atom stereocenters. The summed E-state index contributed by atoms with van der Waals surface area (Å²) in [4.78, 5) is 11.2. The Labute approximate surface area is 118 Å². The summed E-state index contributed by atoms with van der Waals surface area (Å²) in [6.07, 6.45) is 5.75. The molecule has 0 atom stereocenters. The van der Waals surface area contributed by atoms with Crippen molar-refractivity contribution in [2.45, 2.75) is 25.7 Å². The van der Waals surface area contributed by atoms with Gasteiger partial charge >= 0.3 is 0 Å². The molecular weight excluding hydrogens is 256 g/mol. The SMILES string of the molecule is O=Cc1cc(Cl)ccc1-c1ccc2c(c1)CCCC2. The van der Waals surface area contributed by atoms with Crippen molar-refractivity contribution < 1.29 is 4.79 Å². The van der Waals surface area contributed by atoms with Crippen molar-refractivity contribution in [3.05, 3.63) is 58.1 Å². The summed E-state index contributed by atoms with van der Waals surface area (Å²) >= 11 is 5.94. The van der Waals surface area contributed by atoms with Gasteiger partial charge in [-0.15, -0.1) is 0 Å². The molecular formula is C17H15ClO. The molecule has 0 heterocycles. The van der Waals surface area contributed by atoms with Crippen LogP contribution in [0.5, 0.6) is 0 Å². The standard InChI is InChI=1S/C17H15ClO/c18-16-7-8-17(15(10-16)11-19)14-6-5-12-3-1-2-4-13(12)9-14/h5-11H,1-4H2. The highest BCUT2D eigenvalue weighted by atomic mass is 35.5. The third-order valence-electron chi connectivity index (χ3n) is 3.80. The smallest absolute Gasteiger partial charge is 0.150 e. The van der Waals surface area contributed by atoms with Gasteiger partial charge in [-0.1, -0.05) is 35.9 Å². The molecule has 0 spiro atoms. The molecule has 0 aliphatic heterocycles. The summed E-state index contributed by atoms with van der Waals surface area (Å²) < 4.78 is 0. The van der Waals surface area contributed by atoms with E-state index in [1.807, 2.05) is 12.1 Å². The number of benzene rings is 2. The number of hydrogen-bond acceptors (Lipinski definition) is 1. The first kappa shape index (κ1) is 12.4. The Morgan fingerprint density at radius 1 is 0.947 bits per heavy atom. The van der Waals surface area contributed by atoms with E-state index in [1.165, 1.54) is 30.4 Å². The van der Waals surface area contributed by atoms with E-state index in [4.69, 9.17) is 11.6 Å². The fourth-order valence-electron chi connectivity index (χ4n) is 2.79. The van der Waals surface area contributed by atoms with Crippen molar-refractivity contribution in [1.29, 1.82) is 0 Å². The number of aldehydes is 1. The molecule has 0 N–H and O–H groups in total. The van der Waals surface area contributed by atoms with E-state index in [9.17, 15) is 4.79 Å². The fraction of sp³-hybridized carbons (Fsp3) is 0.235. The Morgan fingerprint density at radius 2 is 1.74 bits per heavy atom. The maximum absolute atomic E-state index is 11.2. The van der Waals surface area contributed by atoms with E-state index in [0.717, 1.165) is 23.8 Å². The first-order valence-electron chi connectivity index (χ1n) is 6.65. The van der Waals surface area contributed by atoms with Crippen LogP contribution in [0.15, 0.2) is 36.4 Å². The zero-order valence-electron chi connectivity index (χ0n) is 10.7. The van der Waals surface area contributed by atoms with Crippen LogP contribution < -0.4 is 0 Å². The highest BCUT2D eigenvalue weighted by Crippen LogP contribution is 2.30. The van der Waals surface area contributed by atoms with Crippen molar-refractivity contribution in [2.24, 2.45) is 0 Å². The van der Waals surface area contributed by atoms with Crippen molar-refractivity contribution in [3.8, 4) is 11.1 Å². The normalized spacial score (nSPS) is 13.9. The highest BCUT2D eigenvalue weighted by Gasteiger charge is 2.12. The molecule has 0 bridgehead atoms. The third-order valence-corrected chi connectivity index (χ3v) is 4.04. The lowest BCUT2D eigenvalue weighted by Gasteiger charge is -2.17. The average molecular weight is 271 g/mol. The largest absolute Gasteiger partial charge is 0.298 e. The van der Waals surface area contributed by atoms with E-state index in [2.05, 4.69) is 18.2 Å². The Kier molecular flexibility index (Phi) is 3.39. The minimum Gasteiger partial charge on any atom is -0.298 e. The van der Waals surface area contributed by atoms with Crippen LogP contribution in [0.25, 0.3) is 11.1 Å². The van der Waals surface area contributed by atoms with Crippen molar-refractivity contribution in [3.63, 3.8) is 0 Å². The lowest BCUT2D eigenvalue weighted by molar-refractivity contribution is 0.112. The van der Waals surface area contributed by atoms with Gasteiger partial charge in [-0.25, -0.2) is 0 Å². The molecule has 1 aliphatic carbocycles. The second-order valence-electron chi connectivity index (χ2n) is 5.04. The number of carbonyl (C=O) groups is 1. The maximum Gasteiger partial charge on any atom is 0.150 e. The summed E-state index contributed by atoms with van der Waals surface area (Å²) in [5, 5.41) is 0.601. The van der Waals surface area contributed by atoms with Crippen LogP contribution in [0, 0.1) is 0 Å². The molecule has 3 rings (SSSR count). The number of hydrogen-bond donors (Lipinski definition) is 0. The molecule has 0 saturated carbocycles. The predicted octanol–water partition coefficient (Wildman–Crippen LogP) is 4.70. The molecule has 19 heavy (non-hydrogen) atoms. The van der Waals surface area contributed by atoms with Crippen LogP contribution in [0.4, 0.5) is 0 Å². The Balaban J connectivity index is 2.09. The highest BCUT2D eigenvalue weighted by molar-refractivity contribution is 6.31. The van der Waals surface area contributed by atoms with Gasteiger partial charge in [-0.3, -0.25) is 4.79 Å². The van der Waals surface area contributed by atoms with Gasteiger partial charge in [0.1, 0.15) is 0 Å². The first-order chi connectivity index (χ1) is 9.28. The molecule has 1 aliphatic rings. The topological polar surface area (TPSA) is 17.1 Å². The number of carbonyl (C=O) groups excluding carboxylic acids is 1. The van der Waals surface area contributed by atoms with Crippen LogP contribution in [-0.2, 0) is 12.8 Å². The van der Waals surface area contributed by atoms with E-state index in [0.29, 0.717) is 10.6 Å². The minimum atomic E-state index is 0.601. The monoisotopic (exact) mass is 270 g/mol. The van der Waals surface area contributed by atoms with Gasteiger partial charge in [0.25, 0.3) is 0 Å². The van der Waals surface area contributed by atoms with Gasteiger partial charge in [0.15, 0.2) is 6.29 Å². The molecule has 1 nitrogen and oxygen atoms in total. The first-order valence-corrected chi connectivity index (χ1v) is 7.02. The van der Waals surface area contributed by atoms with Crippen LogP contribution in [0.3, 0.4) is 0 Å². The van der Waals surface area contributed by atoms with E-state index in [-0.39, 0.29) is 0 Å². The number of halogens is 1. The summed E-state index contributed by atoms with van der Waals surface area (Å²) in [6, 6.07) is 12.0. The predicted molar refractivity (Wildman–Crippen MR) is 78.9 cm³/mol. The molecule has 0 fully saturated rings. The van der Waals surface area contributed by atoms with E-state index >= 15 is 0 Å². The van der Waals surface area contributed by atoms with Gasteiger partial charge < -0.3 is 0 Å². The lowest BCUT2D eigenvalue weighted by Crippen LogP contribution is -2.02. The Bertz CT molecular complexity index is 631. The van der Waals surface area contributed by atoms with Crippen molar-refractivity contribution >= 4 is 17.9 Å². The summed E-state index contributed by atoms with van der Waals surface area (Å²) in [5.74, 6) is 0. The van der Waals surface area contributed by atoms with Crippen LogP contribution in [0.1, 0.15) is 34.3 Å². The van der Waals surface area contributed by atoms with Gasteiger partial charge in [-0.2, -0.15) is 0 Å². The van der Waals surface area contributed by atoms with Crippen molar-refractivity contribution in [1.82, 2.24) is 0 Å². The van der Waals surface area contributed by atoms with Crippen LogP contribution >= 0.6 is 11.6 Å². The van der Waals surface area contributed by atoms with Gasteiger partial charge in [0.2, 0.25) is 0 Å². The van der Waals surface area contributed by atoms with Crippen LogP contribution in [-0.4, -0.2) is 6.29 Å². The second kappa shape index (κ2) is 5.18. The third kappa shape index (κ3) is 2.43. The molecule has 2 aromatic rings. The van der Waals surface area contributed by atoms with E-state index in [1.54, 1.807) is 6.07 Å². The molecule has 2 aromatic carbocycles. The number of fused-ring (bicyclic) bond motifs is 1. The van der Waals surface area contributed by atoms with Crippen LogP contribution in [0.2, 0.25) is 5.02 Å². The Morgan fingerprint density at radius 3 is 2.53 bits per heavy atom. The fourth-order valence-corrected chi connectivity index (χ4v) is 2.98.